The van der Waals surface area contributed by atoms with E-state index in [1.54, 1.807) is 0 Å². The predicted molar refractivity (Wildman–Crippen MR) is 101 cm³/mol. The minimum absolute atomic E-state index is 0.187. The highest BCUT2D eigenvalue weighted by Crippen LogP contribution is 2.34. The van der Waals surface area contributed by atoms with Gasteiger partial charge in [-0.1, -0.05) is 35.9 Å². The monoisotopic (exact) mass is 355 g/mol. The molecule has 1 fully saturated rings. The predicted octanol–water partition coefficient (Wildman–Crippen LogP) is 3.91. The van der Waals surface area contributed by atoms with Gasteiger partial charge in [-0.25, -0.2) is 0 Å². The van der Waals surface area contributed by atoms with Gasteiger partial charge in [-0.15, -0.1) is 0 Å². The van der Waals surface area contributed by atoms with Crippen LogP contribution in [0.1, 0.15) is 10.5 Å². The van der Waals surface area contributed by atoms with Gasteiger partial charge >= 0.3 is 0 Å². The normalized spacial score (nSPS) is 14.7. The molecule has 1 amide bonds. The Hall–Kier alpha value is -2.50. The third kappa shape index (κ3) is 3.21. The molecule has 0 unspecified atom stereocenters. The van der Waals surface area contributed by atoms with Crippen LogP contribution in [0, 0.1) is 0 Å². The van der Waals surface area contributed by atoms with E-state index < -0.39 is 0 Å². The van der Waals surface area contributed by atoms with Gasteiger partial charge in [0.25, 0.3) is 5.91 Å². The zero-order valence-corrected chi connectivity index (χ0v) is 14.3. The van der Waals surface area contributed by atoms with Gasteiger partial charge in [-0.2, -0.15) is 0 Å². The van der Waals surface area contributed by atoms with Crippen LogP contribution in [-0.4, -0.2) is 37.2 Å². The Morgan fingerprint density at radius 1 is 1.12 bits per heavy atom. The van der Waals surface area contributed by atoms with Gasteiger partial charge in [0.15, 0.2) is 0 Å². The van der Waals surface area contributed by atoms with Gasteiger partial charge in [0, 0.05) is 24.0 Å². The zero-order chi connectivity index (χ0) is 17.2. The summed E-state index contributed by atoms with van der Waals surface area (Å²) in [4.78, 5) is 18.0. The summed E-state index contributed by atoms with van der Waals surface area (Å²) in [6.45, 7) is 2.80. The van der Waals surface area contributed by atoms with Crippen molar-refractivity contribution in [2.24, 2.45) is 0 Å². The zero-order valence-electron chi connectivity index (χ0n) is 13.6. The first-order valence-corrected chi connectivity index (χ1v) is 8.60. The fourth-order valence-electron chi connectivity index (χ4n) is 3.11. The largest absolute Gasteiger partial charge is 0.378 e. The lowest BCUT2D eigenvalue weighted by Crippen LogP contribution is -2.37. The summed E-state index contributed by atoms with van der Waals surface area (Å²) < 4.78 is 5.41. The number of para-hydroxylation sites is 2. The summed E-state index contributed by atoms with van der Waals surface area (Å²) in [5, 5.41) is 4.62. The number of anilines is 2. The van der Waals surface area contributed by atoms with Gasteiger partial charge in [-0.3, -0.25) is 4.79 Å². The van der Waals surface area contributed by atoms with Crippen LogP contribution in [0.2, 0.25) is 5.02 Å². The van der Waals surface area contributed by atoms with E-state index >= 15 is 0 Å². The number of aromatic nitrogens is 1. The molecule has 0 spiro atoms. The van der Waals surface area contributed by atoms with Gasteiger partial charge in [0.2, 0.25) is 0 Å². The van der Waals surface area contributed by atoms with E-state index in [1.807, 2.05) is 48.5 Å². The maximum absolute atomic E-state index is 12.7. The average molecular weight is 356 g/mol. The maximum Gasteiger partial charge on any atom is 0.272 e. The number of amides is 1. The molecule has 0 radical (unpaired) electrons. The number of carbonyl (C=O) groups is 1. The molecular formula is C19H18ClN3O2. The molecule has 2 N–H and O–H groups in total. The third-order valence-corrected chi connectivity index (χ3v) is 4.64. The van der Waals surface area contributed by atoms with Crippen molar-refractivity contribution < 1.29 is 9.53 Å². The van der Waals surface area contributed by atoms with Crippen LogP contribution in [0.3, 0.4) is 0 Å². The number of carbonyl (C=O) groups excluding carboxylic acids is 1. The molecule has 1 aliphatic heterocycles. The van der Waals surface area contributed by atoms with Crippen LogP contribution in [0.25, 0.3) is 10.9 Å². The highest BCUT2D eigenvalue weighted by Gasteiger charge is 2.20. The third-order valence-electron chi connectivity index (χ3n) is 4.34. The van der Waals surface area contributed by atoms with Gasteiger partial charge < -0.3 is 19.9 Å². The number of fused-ring (bicyclic) bond motifs is 1. The molecular weight excluding hydrogens is 338 g/mol. The maximum atomic E-state index is 12.7. The molecule has 25 heavy (non-hydrogen) atoms. The molecule has 6 heteroatoms. The molecule has 0 atom stereocenters. The minimum atomic E-state index is -0.187. The second-order valence-corrected chi connectivity index (χ2v) is 6.37. The summed E-state index contributed by atoms with van der Waals surface area (Å²) in [6.07, 6.45) is 0. The number of nitrogens with one attached hydrogen (secondary N) is 2. The van der Waals surface area contributed by atoms with Gasteiger partial charge in [0.05, 0.1) is 29.6 Å². The van der Waals surface area contributed by atoms with E-state index in [0.29, 0.717) is 29.6 Å². The van der Waals surface area contributed by atoms with E-state index in [-0.39, 0.29) is 5.91 Å². The number of aromatic amines is 1. The van der Waals surface area contributed by atoms with Crippen LogP contribution in [0.5, 0.6) is 0 Å². The first-order valence-electron chi connectivity index (χ1n) is 8.23. The number of benzene rings is 2. The standard InChI is InChI=1S/C19H18ClN3O2/c20-14-5-3-7-16(18(14)23-8-10-25-11-9-23)22-19(24)17-12-13-4-1-2-6-15(13)21-17/h1-7,12,21H,8-11H2,(H,22,24). The SMILES string of the molecule is O=C(Nc1cccc(Cl)c1N1CCOCC1)c1cc2ccccc2[nH]1. The summed E-state index contributed by atoms with van der Waals surface area (Å²) in [7, 11) is 0. The quantitative estimate of drug-likeness (QED) is 0.749. The van der Waals surface area contributed by atoms with E-state index in [1.165, 1.54) is 0 Å². The number of ether oxygens (including phenoxy) is 1. The topological polar surface area (TPSA) is 57.4 Å². The van der Waals surface area contributed by atoms with Crippen molar-refractivity contribution >= 4 is 39.8 Å². The average Bonchev–Trinajstić information content (AvgIpc) is 3.07. The van der Waals surface area contributed by atoms with Crippen molar-refractivity contribution in [2.75, 3.05) is 36.5 Å². The van der Waals surface area contributed by atoms with Crippen LogP contribution >= 0.6 is 11.6 Å². The van der Waals surface area contributed by atoms with E-state index in [9.17, 15) is 4.79 Å². The Labute approximate surface area is 150 Å². The smallest absolute Gasteiger partial charge is 0.272 e. The Kier molecular flexibility index (Phi) is 4.34. The minimum Gasteiger partial charge on any atom is -0.378 e. The fourth-order valence-corrected chi connectivity index (χ4v) is 3.40. The fraction of sp³-hybridized carbons (Fsp3) is 0.211. The molecule has 128 valence electrons. The van der Waals surface area contributed by atoms with Crippen molar-refractivity contribution in [1.82, 2.24) is 4.98 Å². The molecule has 5 nitrogen and oxygen atoms in total. The Bertz CT molecular complexity index is 883. The first kappa shape index (κ1) is 16.0. The lowest BCUT2D eigenvalue weighted by molar-refractivity contribution is 0.102. The summed E-state index contributed by atoms with van der Waals surface area (Å²) in [5.74, 6) is -0.187. The lowest BCUT2D eigenvalue weighted by atomic mass is 10.2. The number of hydrogen-bond donors (Lipinski definition) is 2. The number of H-pyrrole nitrogens is 1. The number of halogens is 1. The van der Waals surface area contributed by atoms with Crippen LogP contribution in [0.4, 0.5) is 11.4 Å². The number of hydrogen-bond acceptors (Lipinski definition) is 3. The molecule has 0 aliphatic carbocycles. The van der Waals surface area contributed by atoms with Crippen molar-refractivity contribution in [3.05, 3.63) is 59.2 Å². The molecule has 2 aromatic carbocycles. The molecule has 3 aromatic rings. The summed E-state index contributed by atoms with van der Waals surface area (Å²) in [6, 6.07) is 15.2. The molecule has 4 rings (SSSR count). The highest BCUT2D eigenvalue weighted by atomic mass is 35.5. The number of nitrogens with zero attached hydrogens (tertiary/aromatic N) is 1. The van der Waals surface area contributed by atoms with Crippen LogP contribution in [0.15, 0.2) is 48.5 Å². The van der Waals surface area contributed by atoms with E-state index in [2.05, 4.69) is 15.2 Å². The van der Waals surface area contributed by atoms with Crippen LogP contribution < -0.4 is 10.2 Å². The summed E-state index contributed by atoms with van der Waals surface area (Å²) in [5.41, 5.74) is 3.01. The second-order valence-electron chi connectivity index (χ2n) is 5.96. The van der Waals surface area contributed by atoms with Gasteiger partial charge in [0.1, 0.15) is 5.69 Å². The molecule has 1 saturated heterocycles. The number of rotatable bonds is 3. The van der Waals surface area contributed by atoms with Crippen molar-refractivity contribution in [1.29, 1.82) is 0 Å². The van der Waals surface area contributed by atoms with Gasteiger partial charge in [-0.05, 0) is 24.3 Å². The van der Waals surface area contributed by atoms with E-state index in [0.717, 1.165) is 29.7 Å². The van der Waals surface area contributed by atoms with Crippen molar-refractivity contribution in [3.8, 4) is 0 Å². The first-order chi connectivity index (χ1) is 12.2. The Morgan fingerprint density at radius 2 is 1.92 bits per heavy atom. The second kappa shape index (κ2) is 6.78. The molecule has 0 saturated carbocycles. The van der Waals surface area contributed by atoms with Crippen molar-refractivity contribution in [3.63, 3.8) is 0 Å². The molecule has 1 aliphatic rings. The molecule has 1 aromatic heterocycles. The lowest BCUT2D eigenvalue weighted by Gasteiger charge is -2.31. The number of morpholine rings is 1. The Morgan fingerprint density at radius 3 is 2.72 bits per heavy atom. The van der Waals surface area contributed by atoms with E-state index in [4.69, 9.17) is 16.3 Å². The Balaban J connectivity index is 1.63. The summed E-state index contributed by atoms with van der Waals surface area (Å²) >= 11 is 6.41. The highest BCUT2D eigenvalue weighted by molar-refractivity contribution is 6.34. The molecule has 0 bridgehead atoms. The van der Waals surface area contributed by atoms with Crippen molar-refractivity contribution in [2.45, 2.75) is 0 Å². The van der Waals surface area contributed by atoms with Crippen LogP contribution in [-0.2, 0) is 4.74 Å². The molecule has 2 heterocycles.